The van der Waals surface area contributed by atoms with E-state index in [0.717, 1.165) is 0 Å². The number of hydrogen-bond acceptors (Lipinski definition) is 4. The Labute approximate surface area is 91.6 Å². The van der Waals surface area contributed by atoms with E-state index in [1.807, 2.05) is 0 Å². The van der Waals surface area contributed by atoms with Crippen LogP contribution in [0.15, 0.2) is 36.4 Å². The lowest BCUT2D eigenvalue weighted by Gasteiger charge is -2.25. The van der Waals surface area contributed by atoms with Gasteiger partial charge in [-0.25, -0.2) is 4.79 Å². The quantitative estimate of drug-likeness (QED) is 0.464. The maximum atomic E-state index is 10.8. The van der Waals surface area contributed by atoms with Crippen LogP contribution >= 0.6 is 0 Å². The van der Waals surface area contributed by atoms with E-state index in [1.165, 1.54) is 6.07 Å². The molecule has 84 valence electrons. The van der Waals surface area contributed by atoms with Crippen molar-refractivity contribution in [1.82, 2.24) is 0 Å². The molecular weight excluding hydrogens is 211 g/mol. The lowest BCUT2D eigenvalue weighted by Crippen LogP contribution is -2.47. The summed E-state index contributed by atoms with van der Waals surface area (Å²) in [6, 6.07) is 6.37. The van der Waals surface area contributed by atoms with E-state index in [2.05, 4.69) is 6.58 Å². The van der Waals surface area contributed by atoms with Gasteiger partial charge < -0.3 is 19.8 Å². The first-order valence-electron chi connectivity index (χ1n) is 4.71. The number of hydrogen-bond donors (Lipinski definition) is 3. The number of aliphatic carboxylic acids is 1. The Bertz CT molecular complexity index is 468. The van der Waals surface area contributed by atoms with E-state index in [-0.39, 0.29) is 11.0 Å². The van der Waals surface area contributed by atoms with Gasteiger partial charge in [0, 0.05) is 0 Å². The molecule has 5 nitrogen and oxygen atoms in total. The van der Waals surface area contributed by atoms with Crippen molar-refractivity contribution in [3.63, 3.8) is 0 Å². The minimum Gasteiger partial charge on any atom is -0.556 e. The van der Waals surface area contributed by atoms with Crippen molar-refractivity contribution in [2.45, 2.75) is 6.10 Å². The molecule has 1 aliphatic heterocycles. The van der Waals surface area contributed by atoms with E-state index < -0.39 is 18.8 Å². The number of carboxylic acids is 1. The van der Waals surface area contributed by atoms with Crippen molar-refractivity contribution in [1.29, 1.82) is 0 Å². The number of carboxylic acid groups (broad SMARTS) is 1. The largest absolute Gasteiger partial charge is 0.556 e. The van der Waals surface area contributed by atoms with Crippen LogP contribution in [0.3, 0.4) is 0 Å². The molecule has 0 saturated carbocycles. The summed E-state index contributed by atoms with van der Waals surface area (Å²) < 4.78 is 4.94. The van der Waals surface area contributed by atoms with Crippen LogP contribution in [0.5, 0.6) is 0 Å². The topological polar surface area (TPSA) is 87.0 Å². The Morgan fingerprint density at radius 3 is 2.62 bits per heavy atom. The molecular formula is C10H10BO5-. The lowest BCUT2D eigenvalue weighted by atomic mass is 9.70. The highest BCUT2D eigenvalue weighted by Crippen LogP contribution is 2.32. The van der Waals surface area contributed by atoms with Crippen LogP contribution in [-0.4, -0.2) is 27.9 Å². The second-order valence-corrected chi connectivity index (χ2v) is 3.68. The molecule has 0 radical (unpaired) electrons. The molecule has 1 atom stereocenters. The fourth-order valence-electron chi connectivity index (χ4n) is 1.81. The Balaban J connectivity index is 2.48. The summed E-state index contributed by atoms with van der Waals surface area (Å²) >= 11 is 0. The summed E-state index contributed by atoms with van der Waals surface area (Å²) in [5.74, 6) is -1.23. The molecule has 3 N–H and O–H groups in total. The SMILES string of the molecule is C=C(C(=O)O)[C@@H]1O[B-](O)(O)c2ccccc21. The molecule has 1 aliphatic rings. The average molecular weight is 221 g/mol. The van der Waals surface area contributed by atoms with Crippen molar-refractivity contribution in [2.75, 3.05) is 0 Å². The third kappa shape index (κ3) is 1.53. The van der Waals surface area contributed by atoms with E-state index in [0.29, 0.717) is 5.56 Å². The first kappa shape index (κ1) is 10.9. The molecule has 1 aromatic rings. The highest BCUT2D eigenvalue weighted by atomic mass is 16.6. The fraction of sp³-hybridized carbons (Fsp3) is 0.100. The van der Waals surface area contributed by atoms with Gasteiger partial charge in [0.05, 0.1) is 11.7 Å². The van der Waals surface area contributed by atoms with E-state index >= 15 is 0 Å². The van der Waals surface area contributed by atoms with Gasteiger partial charge in [-0.3, -0.25) is 0 Å². The summed E-state index contributed by atoms with van der Waals surface area (Å²) in [5, 5.41) is 28.0. The summed E-state index contributed by atoms with van der Waals surface area (Å²) in [5.41, 5.74) is 0.411. The molecule has 0 fully saturated rings. The first-order chi connectivity index (χ1) is 7.43. The van der Waals surface area contributed by atoms with Gasteiger partial charge in [-0.1, -0.05) is 30.8 Å². The van der Waals surface area contributed by atoms with E-state index in [4.69, 9.17) is 9.76 Å². The van der Waals surface area contributed by atoms with Crippen LogP contribution in [-0.2, 0) is 9.45 Å². The van der Waals surface area contributed by atoms with E-state index in [1.54, 1.807) is 18.2 Å². The van der Waals surface area contributed by atoms with Gasteiger partial charge in [0.1, 0.15) is 0 Å². The van der Waals surface area contributed by atoms with Gasteiger partial charge in [0.2, 0.25) is 0 Å². The van der Waals surface area contributed by atoms with Crippen LogP contribution in [0, 0.1) is 0 Å². The van der Waals surface area contributed by atoms with Crippen molar-refractivity contribution >= 4 is 18.2 Å². The standard InChI is InChI=1S/C10H10BO5/c1-6(10(12)13)9-7-4-2-3-5-8(7)11(14,15)16-9/h2-5,9,14-15H,1H2,(H,12,13)/q-1/t9-/m0/s1. The summed E-state index contributed by atoms with van der Waals surface area (Å²) in [6.45, 7) is 0.231. The zero-order valence-corrected chi connectivity index (χ0v) is 8.33. The van der Waals surface area contributed by atoms with Gasteiger partial charge in [-0.05, 0) is 5.56 Å². The highest BCUT2D eigenvalue weighted by molar-refractivity contribution is 6.74. The van der Waals surface area contributed by atoms with Crippen molar-refractivity contribution < 1.29 is 24.6 Å². The van der Waals surface area contributed by atoms with Gasteiger partial charge in [0.15, 0.2) is 0 Å². The molecule has 1 heterocycles. The normalized spacial score (nSPS) is 21.5. The molecule has 6 heteroatoms. The summed E-state index contributed by atoms with van der Waals surface area (Å²) in [6.07, 6.45) is -1.01. The number of carbonyl (C=O) groups is 1. The number of fused-ring (bicyclic) bond motifs is 1. The zero-order chi connectivity index (χ0) is 11.9. The maximum Gasteiger partial charge on any atom is 0.405 e. The first-order valence-corrected chi connectivity index (χ1v) is 4.71. The molecule has 0 aliphatic carbocycles. The fourth-order valence-corrected chi connectivity index (χ4v) is 1.81. The van der Waals surface area contributed by atoms with Crippen LogP contribution in [0.25, 0.3) is 0 Å². The van der Waals surface area contributed by atoms with Gasteiger partial charge in [-0.15, -0.1) is 5.46 Å². The zero-order valence-electron chi connectivity index (χ0n) is 8.33. The summed E-state index contributed by atoms with van der Waals surface area (Å²) in [7, 11) is 0. The minimum atomic E-state index is -3.13. The van der Waals surface area contributed by atoms with Crippen molar-refractivity contribution in [3.05, 3.63) is 42.0 Å². The van der Waals surface area contributed by atoms with Gasteiger partial charge in [0.25, 0.3) is 0 Å². The molecule has 0 spiro atoms. The Hall–Kier alpha value is -1.63. The highest BCUT2D eigenvalue weighted by Gasteiger charge is 2.39. The third-order valence-corrected chi connectivity index (χ3v) is 2.60. The molecule has 0 bridgehead atoms. The molecule has 0 amide bonds. The predicted octanol–water partition coefficient (Wildman–Crippen LogP) is -0.471. The average Bonchev–Trinajstić information content (AvgIpc) is 2.51. The second-order valence-electron chi connectivity index (χ2n) is 3.68. The molecule has 16 heavy (non-hydrogen) atoms. The monoisotopic (exact) mass is 221 g/mol. The smallest absolute Gasteiger partial charge is 0.405 e. The number of rotatable bonds is 2. The second kappa shape index (κ2) is 3.45. The minimum absolute atomic E-state index is 0.204. The molecule has 2 rings (SSSR count). The van der Waals surface area contributed by atoms with Crippen LogP contribution in [0.4, 0.5) is 0 Å². The Kier molecular flexibility index (Phi) is 2.34. The Morgan fingerprint density at radius 2 is 2.00 bits per heavy atom. The van der Waals surface area contributed by atoms with Crippen molar-refractivity contribution in [3.8, 4) is 0 Å². The molecule has 0 aromatic heterocycles. The van der Waals surface area contributed by atoms with Crippen LogP contribution in [0.2, 0.25) is 0 Å². The number of benzene rings is 1. The summed E-state index contributed by atoms with van der Waals surface area (Å²) in [4.78, 5) is 10.8. The third-order valence-electron chi connectivity index (χ3n) is 2.60. The van der Waals surface area contributed by atoms with Crippen molar-refractivity contribution in [2.24, 2.45) is 0 Å². The predicted molar refractivity (Wildman–Crippen MR) is 56.9 cm³/mol. The van der Waals surface area contributed by atoms with Gasteiger partial charge in [-0.2, -0.15) is 0 Å². The Morgan fingerprint density at radius 1 is 1.38 bits per heavy atom. The molecule has 0 saturated heterocycles. The van der Waals surface area contributed by atoms with E-state index in [9.17, 15) is 14.8 Å². The molecule has 1 aromatic carbocycles. The lowest BCUT2D eigenvalue weighted by molar-refractivity contribution is -0.133. The van der Waals surface area contributed by atoms with Crippen LogP contribution in [0.1, 0.15) is 11.7 Å². The van der Waals surface area contributed by atoms with Gasteiger partial charge >= 0.3 is 12.7 Å². The molecule has 0 unspecified atom stereocenters. The van der Waals surface area contributed by atoms with Crippen LogP contribution < -0.4 is 5.46 Å². The maximum absolute atomic E-state index is 10.8.